The molecular weight excluding hydrogens is 767 g/mol. The highest BCUT2D eigenvalue weighted by Crippen LogP contribution is 2.48. The lowest BCUT2D eigenvalue weighted by Crippen LogP contribution is -2.42. The van der Waals surface area contributed by atoms with Crippen molar-refractivity contribution in [3.8, 4) is 11.5 Å². The number of nitrogens with one attached hydrogen (secondary N) is 2. The summed E-state index contributed by atoms with van der Waals surface area (Å²) >= 11 is 0. The van der Waals surface area contributed by atoms with Crippen LogP contribution in [0.4, 0.5) is 0 Å². The zero-order chi connectivity index (χ0) is 42.5. The van der Waals surface area contributed by atoms with Crippen LogP contribution in [0, 0.1) is 29.6 Å². The lowest BCUT2D eigenvalue weighted by Gasteiger charge is -2.40. The summed E-state index contributed by atoms with van der Waals surface area (Å²) in [6.07, 6.45) is 16.8. The number of hydrogen-bond donors (Lipinski definition) is 8. The van der Waals surface area contributed by atoms with Crippen LogP contribution in [0.15, 0.2) is 65.1 Å². The van der Waals surface area contributed by atoms with Crippen LogP contribution in [0.3, 0.4) is 0 Å². The van der Waals surface area contributed by atoms with E-state index in [0.717, 1.165) is 110 Å². The monoisotopic (exact) mass is 836 g/mol. The summed E-state index contributed by atoms with van der Waals surface area (Å²) in [4.78, 5) is 3.54. The Labute approximate surface area is 361 Å². The van der Waals surface area contributed by atoms with Crippen molar-refractivity contribution in [2.45, 2.75) is 134 Å². The predicted octanol–water partition coefficient (Wildman–Crippen LogP) is 7.95. The van der Waals surface area contributed by atoms with E-state index in [-0.39, 0.29) is 36.8 Å². The van der Waals surface area contributed by atoms with Crippen LogP contribution in [0.2, 0.25) is 0 Å². The number of phenolic OH excluding ortho intramolecular Hbond substituents is 1. The minimum Gasteiger partial charge on any atom is -0.504 e. The molecule has 61 heavy (non-hydrogen) atoms. The SMILES string of the molecule is CC(O)CNCC1c2cc(C(O)COc3cc(CCc4cc(CO)c(CCCCC5CCC(C6C=Cc7ccccc7C6O)C(N)C5)o4)ccc3O)[nH]c2CCC2CCCC21. The van der Waals surface area contributed by atoms with Crippen molar-refractivity contribution < 1.29 is 34.7 Å². The van der Waals surface area contributed by atoms with Crippen LogP contribution in [0.25, 0.3) is 6.08 Å². The van der Waals surface area contributed by atoms with Crippen molar-refractivity contribution in [1.82, 2.24) is 10.3 Å². The van der Waals surface area contributed by atoms with Crippen molar-refractivity contribution in [3.05, 3.63) is 111 Å². The van der Waals surface area contributed by atoms with Gasteiger partial charge in [-0.05, 0) is 122 Å². The molecule has 2 heterocycles. The quantitative estimate of drug-likeness (QED) is 0.0462. The smallest absolute Gasteiger partial charge is 0.161 e. The molecule has 2 saturated carbocycles. The summed E-state index contributed by atoms with van der Waals surface area (Å²) in [6, 6.07) is 17.6. The molecule has 0 amide bonds. The second-order valence-corrected chi connectivity index (χ2v) is 18.9. The maximum Gasteiger partial charge on any atom is 0.161 e. The van der Waals surface area contributed by atoms with E-state index in [1.165, 1.54) is 30.5 Å². The van der Waals surface area contributed by atoms with Gasteiger partial charge in [-0.25, -0.2) is 0 Å². The van der Waals surface area contributed by atoms with E-state index in [1.54, 1.807) is 13.0 Å². The highest BCUT2D eigenvalue weighted by molar-refractivity contribution is 5.58. The summed E-state index contributed by atoms with van der Waals surface area (Å²) in [7, 11) is 0. The maximum atomic E-state index is 11.3. The average molecular weight is 836 g/mol. The third-order valence-electron chi connectivity index (χ3n) is 14.7. The molecule has 9 N–H and O–H groups in total. The van der Waals surface area contributed by atoms with Gasteiger partial charge in [0, 0.05) is 60.8 Å². The first-order valence-corrected chi connectivity index (χ1v) is 23.3. The van der Waals surface area contributed by atoms with Crippen LogP contribution in [-0.4, -0.2) is 62.4 Å². The van der Waals surface area contributed by atoms with E-state index >= 15 is 0 Å². The Bertz CT molecular complexity index is 2070. The number of nitrogens with two attached hydrogens (primary N) is 1. The predicted molar refractivity (Wildman–Crippen MR) is 238 cm³/mol. The van der Waals surface area contributed by atoms with Gasteiger partial charge < -0.3 is 50.7 Å². The molecule has 2 fully saturated rings. The lowest BCUT2D eigenvalue weighted by molar-refractivity contribution is 0.0652. The number of ether oxygens (including phenoxy) is 1. The molecule has 4 aromatic rings. The number of aromatic hydroxyl groups is 1. The van der Waals surface area contributed by atoms with E-state index in [0.29, 0.717) is 42.9 Å². The van der Waals surface area contributed by atoms with Crippen LogP contribution in [0.5, 0.6) is 11.5 Å². The molecule has 4 aliphatic rings. The highest BCUT2D eigenvalue weighted by atomic mass is 16.5. The number of rotatable bonds is 18. The maximum absolute atomic E-state index is 11.3. The van der Waals surface area contributed by atoms with Gasteiger partial charge in [0.25, 0.3) is 0 Å². The first-order chi connectivity index (χ1) is 29.6. The largest absolute Gasteiger partial charge is 0.504 e. The first kappa shape index (κ1) is 43.7. The van der Waals surface area contributed by atoms with Gasteiger partial charge in [-0.2, -0.15) is 0 Å². The van der Waals surface area contributed by atoms with Gasteiger partial charge in [0.2, 0.25) is 0 Å². The summed E-state index contributed by atoms with van der Waals surface area (Å²) in [5.74, 6) is 4.63. The molecule has 330 valence electrons. The molecule has 10 unspecified atom stereocenters. The van der Waals surface area contributed by atoms with Crippen LogP contribution < -0.4 is 15.8 Å². The highest BCUT2D eigenvalue weighted by Gasteiger charge is 2.39. The third-order valence-corrected chi connectivity index (χ3v) is 14.7. The molecule has 0 radical (unpaired) electrons. The van der Waals surface area contributed by atoms with E-state index in [4.69, 9.17) is 14.9 Å². The number of hydrogen-bond acceptors (Lipinski definition) is 9. The Balaban J connectivity index is 0.796. The molecule has 0 saturated heterocycles. The van der Waals surface area contributed by atoms with Gasteiger partial charge in [0.05, 0.1) is 18.8 Å². The number of aliphatic hydroxyl groups is 4. The molecule has 10 nitrogen and oxygen atoms in total. The Kier molecular flexibility index (Phi) is 14.4. The van der Waals surface area contributed by atoms with Gasteiger partial charge in [-0.1, -0.05) is 74.6 Å². The van der Waals surface area contributed by atoms with Gasteiger partial charge in [0.1, 0.15) is 24.2 Å². The number of aliphatic hydroxyl groups excluding tert-OH is 4. The fourth-order valence-electron chi connectivity index (χ4n) is 11.4. The zero-order valence-corrected chi connectivity index (χ0v) is 36.0. The number of unbranched alkanes of at least 4 members (excludes halogenated alkanes) is 1. The van der Waals surface area contributed by atoms with Gasteiger partial charge >= 0.3 is 0 Å². The fourth-order valence-corrected chi connectivity index (χ4v) is 11.4. The van der Waals surface area contributed by atoms with E-state index in [2.05, 4.69) is 34.6 Å². The molecule has 0 aliphatic heterocycles. The Morgan fingerprint density at radius 3 is 2.66 bits per heavy atom. The number of benzene rings is 2. The van der Waals surface area contributed by atoms with Crippen LogP contribution >= 0.6 is 0 Å². The second-order valence-electron chi connectivity index (χ2n) is 18.9. The summed E-state index contributed by atoms with van der Waals surface area (Å²) in [5, 5.41) is 56.6. The van der Waals surface area contributed by atoms with Crippen molar-refractivity contribution in [3.63, 3.8) is 0 Å². The van der Waals surface area contributed by atoms with Crippen LogP contribution in [-0.2, 0) is 32.3 Å². The van der Waals surface area contributed by atoms with Crippen molar-refractivity contribution in [1.29, 1.82) is 0 Å². The summed E-state index contributed by atoms with van der Waals surface area (Å²) in [5.41, 5.74) is 13.9. The van der Waals surface area contributed by atoms with E-state index < -0.39 is 18.3 Å². The first-order valence-electron chi connectivity index (χ1n) is 23.3. The Hall–Kier alpha value is -3.90. The van der Waals surface area contributed by atoms with E-state index in [9.17, 15) is 25.5 Å². The van der Waals surface area contributed by atoms with Crippen molar-refractivity contribution in [2.75, 3.05) is 19.7 Å². The minimum atomic E-state index is -0.885. The number of fused-ring (bicyclic) bond motifs is 3. The number of aryl methyl sites for hydroxylation is 4. The molecule has 0 spiro atoms. The Morgan fingerprint density at radius 2 is 1.82 bits per heavy atom. The van der Waals surface area contributed by atoms with Gasteiger partial charge in [-0.3, -0.25) is 0 Å². The molecule has 2 aromatic heterocycles. The molecule has 0 bridgehead atoms. The standard InChI is InChI=1S/C51H69N3O7/c1-31(56)27-53-28-43-38-11-6-9-34(38)17-21-45-42(43)26-46(54-45)48(58)30-60-50-24-33(15-22-47(50)57)13-18-37-25-36(29-55)49(61-37)12-5-2-7-32-14-19-40(44(52)23-32)41-20-16-35-8-3-4-10-39(35)51(41)59/h3-4,8,10,15-16,20,22,24-26,31-32,34,38,40-41,43-44,48,51,53-59H,2,5-7,9,11-14,17-19,21,23,27-30,52H2,1H3. The molecule has 10 atom stereocenters. The van der Waals surface area contributed by atoms with Crippen LogP contribution in [0.1, 0.15) is 140 Å². The molecule has 4 aliphatic carbocycles. The zero-order valence-electron chi connectivity index (χ0n) is 36.0. The number of aromatic nitrogens is 1. The minimum absolute atomic E-state index is 0.000519. The second kappa shape index (κ2) is 20.1. The normalized spacial score (nSPS) is 26.9. The molecule has 2 aromatic carbocycles. The number of phenols is 1. The topological polar surface area (TPSA) is 177 Å². The van der Waals surface area contributed by atoms with Gasteiger partial charge in [0.15, 0.2) is 11.5 Å². The fraction of sp³-hybridized carbons (Fsp3) is 0.569. The molecule has 10 heteroatoms. The molecule has 8 rings (SSSR count). The molecular formula is C51H69N3O7. The summed E-state index contributed by atoms with van der Waals surface area (Å²) in [6.45, 7) is 3.12. The Morgan fingerprint density at radius 1 is 0.951 bits per heavy atom. The average Bonchev–Trinajstić information content (AvgIpc) is 4.00. The summed E-state index contributed by atoms with van der Waals surface area (Å²) < 4.78 is 12.3. The van der Waals surface area contributed by atoms with E-state index in [1.807, 2.05) is 36.4 Å². The van der Waals surface area contributed by atoms with Crippen molar-refractivity contribution in [2.24, 2.45) is 35.3 Å². The number of furan rings is 1. The number of aromatic amines is 1. The van der Waals surface area contributed by atoms with Gasteiger partial charge in [-0.15, -0.1) is 0 Å². The van der Waals surface area contributed by atoms with Crippen molar-refractivity contribution >= 4 is 6.08 Å². The third kappa shape index (κ3) is 10.3. The number of H-pyrrole nitrogens is 1. The lowest BCUT2D eigenvalue weighted by atomic mass is 9.68.